The van der Waals surface area contributed by atoms with Crippen LogP contribution in [0.3, 0.4) is 0 Å². The number of nitrogens with one attached hydrogen (secondary N) is 1. The van der Waals surface area contributed by atoms with Gasteiger partial charge in [-0.05, 0) is 49.4 Å². The third-order valence-electron chi connectivity index (χ3n) is 3.51. The second-order valence-corrected chi connectivity index (χ2v) is 5.63. The maximum atomic E-state index is 12.6. The molecule has 0 aromatic heterocycles. The first kappa shape index (κ1) is 18.1. The van der Waals surface area contributed by atoms with Crippen LogP contribution in [-0.2, 0) is 6.18 Å². The highest BCUT2D eigenvalue weighted by Crippen LogP contribution is 2.30. The van der Waals surface area contributed by atoms with Crippen molar-refractivity contribution in [1.29, 1.82) is 0 Å². The van der Waals surface area contributed by atoms with Gasteiger partial charge in [-0.3, -0.25) is 5.01 Å². The van der Waals surface area contributed by atoms with Crippen molar-refractivity contribution in [2.24, 2.45) is 5.10 Å². The van der Waals surface area contributed by atoms with Crippen molar-refractivity contribution in [2.75, 3.05) is 24.4 Å². The van der Waals surface area contributed by atoms with Gasteiger partial charge in [0.05, 0.1) is 17.0 Å². The lowest BCUT2D eigenvalue weighted by Gasteiger charge is -2.17. The standard InChI is InChI=1S/C17H17ClF3N3/c1-11(15-10-13(18)6-9-16(15)22-2)23-24(3)14-7-4-12(5-8-14)17(19,20)21/h4-10,22H,1-3H3/b23-11-. The summed E-state index contributed by atoms with van der Waals surface area (Å²) in [7, 11) is 3.47. The van der Waals surface area contributed by atoms with Gasteiger partial charge in [0.15, 0.2) is 0 Å². The van der Waals surface area contributed by atoms with Crippen molar-refractivity contribution in [3.63, 3.8) is 0 Å². The maximum Gasteiger partial charge on any atom is 0.416 e. The van der Waals surface area contributed by atoms with Crippen LogP contribution in [0.4, 0.5) is 24.5 Å². The van der Waals surface area contributed by atoms with Gasteiger partial charge in [0.25, 0.3) is 0 Å². The summed E-state index contributed by atoms with van der Waals surface area (Å²) in [6.07, 6.45) is -4.35. The van der Waals surface area contributed by atoms with Crippen molar-refractivity contribution in [3.8, 4) is 0 Å². The fourth-order valence-electron chi connectivity index (χ4n) is 2.24. The van der Waals surface area contributed by atoms with Crippen molar-refractivity contribution in [2.45, 2.75) is 13.1 Å². The molecule has 0 fully saturated rings. The predicted octanol–water partition coefficient (Wildman–Crippen LogP) is 5.26. The highest BCUT2D eigenvalue weighted by molar-refractivity contribution is 6.31. The maximum absolute atomic E-state index is 12.6. The molecule has 0 unspecified atom stereocenters. The van der Waals surface area contributed by atoms with E-state index in [1.165, 1.54) is 17.1 Å². The molecule has 0 heterocycles. The Labute approximate surface area is 143 Å². The number of nitrogens with zero attached hydrogens (tertiary/aromatic N) is 2. The van der Waals surface area contributed by atoms with Gasteiger partial charge in [0, 0.05) is 30.4 Å². The summed E-state index contributed by atoms with van der Waals surface area (Å²) in [6.45, 7) is 1.81. The molecule has 0 saturated heterocycles. The molecule has 0 aliphatic rings. The average molecular weight is 356 g/mol. The van der Waals surface area contributed by atoms with E-state index in [4.69, 9.17) is 11.6 Å². The molecule has 0 saturated carbocycles. The van der Waals surface area contributed by atoms with E-state index < -0.39 is 11.7 Å². The zero-order valence-corrected chi connectivity index (χ0v) is 14.2. The SMILES string of the molecule is CNc1ccc(Cl)cc1/C(C)=N\N(C)c1ccc(C(F)(F)F)cc1. The second-order valence-electron chi connectivity index (χ2n) is 5.19. The highest BCUT2D eigenvalue weighted by Gasteiger charge is 2.30. The quantitative estimate of drug-likeness (QED) is 0.598. The number of halogens is 4. The summed E-state index contributed by atoms with van der Waals surface area (Å²) in [6, 6.07) is 10.2. The number of alkyl halides is 3. The molecule has 0 aliphatic heterocycles. The number of rotatable bonds is 4. The van der Waals surface area contributed by atoms with E-state index in [0.717, 1.165) is 23.4 Å². The van der Waals surface area contributed by atoms with E-state index in [0.29, 0.717) is 16.4 Å². The lowest BCUT2D eigenvalue weighted by molar-refractivity contribution is -0.137. The third kappa shape index (κ3) is 4.20. The summed E-state index contributed by atoms with van der Waals surface area (Å²) < 4.78 is 37.8. The van der Waals surface area contributed by atoms with Gasteiger partial charge in [0.2, 0.25) is 0 Å². The normalized spacial score (nSPS) is 12.2. The summed E-state index contributed by atoms with van der Waals surface area (Å²) >= 11 is 6.03. The minimum Gasteiger partial charge on any atom is -0.388 e. The summed E-state index contributed by atoms with van der Waals surface area (Å²) in [4.78, 5) is 0. The first-order valence-electron chi connectivity index (χ1n) is 7.16. The molecule has 0 amide bonds. The molecule has 1 N–H and O–H groups in total. The Hall–Kier alpha value is -2.21. The van der Waals surface area contributed by atoms with E-state index in [1.54, 1.807) is 26.2 Å². The number of hydrogen-bond donors (Lipinski definition) is 1. The molecule has 2 rings (SSSR count). The molecular weight excluding hydrogens is 339 g/mol. The Morgan fingerprint density at radius 1 is 1.12 bits per heavy atom. The zero-order chi connectivity index (χ0) is 17.9. The van der Waals surface area contributed by atoms with E-state index in [2.05, 4.69) is 10.4 Å². The molecule has 0 spiro atoms. The van der Waals surface area contributed by atoms with Crippen molar-refractivity contribution < 1.29 is 13.2 Å². The van der Waals surface area contributed by atoms with Crippen LogP contribution < -0.4 is 10.3 Å². The van der Waals surface area contributed by atoms with Crippen molar-refractivity contribution in [3.05, 3.63) is 58.6 Å². The lowest BCUT2D eigenvalue weighted by Crippen LogP contribution is -2.14. The van der Waals surface area contributed by atoms with Gasteiger partial charge in [-0.2, -0.15) is 18.3 Å². The Kier molecular flexibility index (Phi) is 5.39. The monoisotopic (exact) mass is 355 g/mol. The van der Waals surface area contributed by atoms with Gasteiger partial charge >= 0.3 is 6.18 Å². The first-order valence-corrected chi connectivity index (χ1v) is 7.54. The molecule has 0 aliphatic carbocycles. The fourth-order valence-corrected chi connectivity index (χ4v) is 2.41. The highest BCUT2D eigenvalue weighted by atomic mass is 35.5. The first-order chi connectivity index (χ1) is 11.2. The number of hydrazone groups is 1. The van der Waals surface area contributed by atoms with Crippen LogP contribution in [0.5, 0.6) is 0 Å². The summed E-state index contributed by atoms with van der Waals surface area (Å²) in [5.41, 5.74) is 2.23. The second kappa shape index (κ2) is 7.13. The zero-order valence-electron chi connectivity index (χ0n) is 13.4. The Morgan fingerprint density at radius 3 is 2.29 bits per heavy atom. The molecule has 0 atom stereocenters. The van der Waals surface area contributed by atoms with Crippen molar-refractivity contribution in [1.82, 2.24) is 0 Å². The largest absolute Gasteiger partial charge is 0.416 e. The van der Waals surface area contributed by atoms with Crippen LogP contribution in [0.2, 0.25) is 5.02 Å². The smallest absolute Gasteiger partial charge is 0.388 e. The van der Waals surface area contributed by atoms with E-state index in [9.17, 15) is 13.2 Å². The van der Waals surface area contributed by atoms with Gasteiger partial charge in [0.1, 0.15) is 0 Å². The van der Waals surface area contributed by atoms with Crippen LogP contribution in [-0.4, -0.2) is 19.8 Å². The minimum atomic E-state index is -4.35. The van der Waals surface area contributed by atoms with E-state index in [-0.39, 0.29) is 0 Å². The third-order valence-corrected chi connectivity index (χ3v) is 3.74. The van der Waals surface area contributed by atoms with Gasteiger partial charge in [-0.15, -0.1) is 0 Å². The molecule has 2 aromatic carbocycles. The molecule has 2 aromatic rings. The molecule has 0 bridgehead atoms. The lowest BCUT2D eigenvalue weighted by atomic mass is 10.1. The van der Waals surface area contributed by atoms with Crippen LogP contribution >= 0.6 is 11.6 Å². The average Bonchev–Trinajstić information content (AvgIpc) is 2.54. The van der Waals surface area contributed by atoms with E-state index in [1.807, 2.05) is 13.0 Å². The molecule has 3 nitrogen and oxygen atoms in total. The van der Waals surface area contributed by atoms with Gasteiger partial charge in [-0.1, -0.05) is 11.6 Å². The van der Waals surface area contributed by atoms with Crippen molar-refractivity contribution >= 4 is 28.7 Å². The summed E-state index contributed by atoms with van der Waals surface area (Å²) in [5, 5.41) is 9.59. The van der Waals surface area contributed by atoms with Crippen LogP contribution in [0, 0.1) is 0 Å². The molecule has 128 valence electrons. The fraction of sp³-hybridized carbons (Fsp3) is 0.235. The molecule has 0 radical (unpaired) electrons. The Balaban J connectivity index is 2.28. The number of hydrogen-bond acceptors (Lipinski definition) is 3. The molecule has 7 heteroatoms. The minimum absolute atomic E-state index is 0.551. The van der Waals surface area contributed by atoms with E-state index >= 15 is 0 Å². The topological polar surface area (TPSA) is 27.6 Å². The van der Waals surface area contributed by atoms with Gasteiger partial charge in [-0.25, -0.2) is 0 Å². The molecular formula is C17H17ClF3N3. The van der Waals surface area contributed by atoms with Crippen LogP contribution in [0.15, 0.2) is 47.6 Å². The number of benzene rings is 2. The Morgan fingerprint density at radius 2 is 1.75 bits per heavy atom. The number of anilines is 2. The Bertz CT molecular complexity index is 740. The van der Waals surface area contributed by atoms with Gasteiger partial charge < -0.3 is 5.32 Å². The van der Waals surface area contributed by atoms with Crippen LogP contribution in [0.25, 0.3) is 0 Å². The predicted molar refractivity (Wildman–Crippen MR) is 93.1 cm³/mol. The van der Waals surface area contributed by atoms with Crippen LogP contribution in [0.1, 0.15) is 18.1 Å². The molecule has 24 heavy (non-hydrogen) atoms. The summed E-state index contributed by atoms with van der Waals surface area (Å²) in [5.74, 6) is 0.